The number of halogens is 1. The third kappa shape index (κ3) is 2.90. The SMILES string of the molecule is NC(c1cccc(Cl)c1)C1CCSCC1. The van der Waals surface area contributed by atoms with Crippen LogP contribution in [0.2, 0.25) is 5.02 Å². The van der Waals surface area contributed by atoms with Crippen LogP contribution >= 0.6 is 23.4 Å². The monoisotopic (exact) mass is 241 g/mol. The second-order valence-electron chi connectivity index (χ2n) is 4.03. The molecule has 15 heavy (non-hydrogen) atoms. The minimum atomic E-state index is 0.157. The first-order chi connectivity index (χ1) is 7.27. The van der Waals surface area contributed by atoms with Gasteiger partial charge in [0.15, 0.2) is 0 Å². The first-order valence-corrected chi connectivity index (χ1v) is 6.89. The molecule has 1 heterocycles. The summed E-state index contributed by atoms with van der Waals surface area (Å²) in [7, 11) is 0. The van der Waals surface area contributed by atoms with Crippen LogP contribution in [0.4, 0.5) is 0 Å². The summed E-state index contributed by atoms with van der Waals surface area (Å²) >= 11 is 8.00. The van der Waals surface area contributed by atoms with Crippen molar-refractivity contribution in [1.29, 1.82) is 0 Å². The van der Waals surface area contributed by atoms with Gasteiger partial charge in [-0.05, 0) is 48.0 Å². The fourth-order valence-corrected chi connectivity index (χ4v) is 3.40. The Hall–Kier alpha value is -0.180. The number of hydrogen-bond acceptors (Lipinski definition) is 2. The van der Waals surface area contributed by atoms with Crippen LogP contribution in [0.25, 0.3) is 0 Å². The molecule has 1 aromatic carbocycles. The second kappa shape index (κ2) is 5.24. The minimum absolute atomic E-state index is 0.157. The van der Waals surface area contributed by atoms with E-state index < -0.39 is 0 Å². The van der Waals surface area contributed by atoms with Gasteiger partial charge < -0.3 is 5.73 Å². The summed E-state index contributed by atoms with van der Waals surface area (Å²) in [4.78, 5) is 0. The molecule has 1 atom stereocenters. The van der Waals surface area contributed by atoms with E-state index in [1.165, 1.54) is 29.9 Å². The highest BCUT2D eigenvalue weighted by atomic mass is 35.5. The molecule has 1 saturated heterocycles. The average molecular weight is 242 g/mol. The number of thioether (sulfide) groups is 1. The smallest absolute Gasteiger partial charge is 0.0409 e. The van der Waals surface area contributed by atoms with E-state index in [0.29, 0.717) is 5.92 Å². The van der Waals surface area contributed by atoms with Crippen LogP contribution in [0.5, 0.6) is 0 Å². The van der Waals surface area contributed by atoms with Gasteiger partial charge in [0.1, 0.15) is 0 Å². The van der Waals surface area contributed by atoms with Gasteiger partial charge in [-0.1, -0.05) is 23.7 Å². The summed E-state index contributed by atoms with van der Waals surface area (Å²) in [6.07, 6.45) is 2.47. The second-order valence-corrected chi connectivity index (χ2v) is 5.69. The van der Waals surface area contributed by atoms with Gasteiger partial charge in [-0.25, -0.2) is 0 Å². The van der Waals surface area contributed by atoms with Crippen LogP contribution in [-0.2, 0) is 0 Å². The lowest BCUT2D eigenvalue weighted by Crippen LogP contribution is -2.24. The van der Waals surface area contributed by atoms with Gasteiger partial charge in [-0.3, -0.25) is 0 Å². The van der Waals surface area contributed by atoms with Crippen LogP contribution in [-0.4, -0.2) is 11.5 Å². The maximum Gasteiger partial charge on any atom is 0.0409 e. The molecule has 0 radical (unpaired) electrons. The van der Waals surface area contributed by atoms with Crippen molar-refractivity contribution in [3.63, 3.8) is 0 Å². The molecule has 82 valence electrons. The first-order valence-electron chi connectivity index (χ1n) is 5.36. The average Bonchev–Trinajstić information content (AvgIpc) is 2.29. The van der Waals surface area contributed by atoms with Crippen LogP contribution in [0.3, 0.4) is 0 Å². The van der Waals surface area contributed by atoms with E-state index >= 15 is 0 Å². The Balaban J connectivity index is 2.08. The molecule has 1 nitrogen and oxygen atoms in total. The van der Waals surface area contributed by atoms with Crippen molar-refractivity contribution in [1.82, 2.24) is 0 Å². The normalized spacial score (nSPS) is 20.1. The van der Waals surface area contributed by atoms with E-state index in [1.807, 2.05) is 30.0 Å². The van der Waals surface area contributed by atoms with E-state index in [0.717, 1.165) is 5.02 Å². The lowest BCUT2D eigenvalue weighted by Gasteiger charge is -2.27. The molecule has 1 aromatic rings. The molecule has 0 aromatic heterocycles. The maximum absolute atomic E-state index is 6.27. The third-order valence-corrected chi connectivity index (χ3v) is 4.29. The molecular formula is C12H16ClNS. The fourth-order valence-electron chi connectivity index (χ4n) is 2.06. The van der Waals surface area contributed by atoms with E-state index in [2.05, 4.69) is 6.07 Å². The van der Waals surface area contributed by atoms with Crippen molar-refractivity contribution in [2.24, 2.45) is 11.7 Å². The van der Waals surface area contributed by atoms with E-state index in [1.54, 1.807) is 0 Å². The molecule has 1 aliphatic heterocycles. The summed E-state index contributed by atoms with van der Waals surface area (Å²) < 4.78 is 0. The quantitative estimate of drug-likeness (QED) is 0.858. The first kappa shape index (κ1) is 11.3. The zero-order valence-corrected chi connectivity index (χ0v) is 10.2. The fraction of sp³-hybridized carbons (Fsp3) is 0.500. The number of rotatable bonds is 2. The lowest BCUT2D eigenvalue weighted by molar-refractivity contribution is 0.404. The van der Waals surface area contributed by atoms with Crippen molar-refractivity contribution < 1.29 is 0 Å². The molecule has 0 aliphatic carbocycles. The van der Waals surface area contributed by atoms with Crippen molar-refractivity contribution >= 4 is 23.4 Å². The van der Waals surface area contributed by atoms with Crippen LogP contribution in [0.1, 0.15) is 24.4 Å². The maximum atomic E-state index is 6.27. The molecule has 0 spiro atoms. The number of benzene rings is 1. The Labute approximate surface area is 100 Å². The van der Waals surface area contributed by atoms with Gasteiger partial charge in [-0.2, -0.15) is 11.8 Å². The van der Waals surface area contributed by atoms with Crippen LogP contribution in [0, 0.1) is 5.92 Å². The molecule has 1 unspecified atom stereocenters. The third-order valence-electron chi connectivity index (χ3n) is 3.01. The zero-order valence-electron chi connectivity index (χ0n) is 8.66. The Morgan fingerprint density at radius 2 is 2.07 bits per heavy atom. The molecule has 2 N–H and O–H groups in total. The molecule has 0 amide bonds. The summed E-state index contributed by atoms with van der Waals surface area (Å²) in [6, 6.07) is 8.11. The Morgan fingerprint density at radius 3 is 2.73 bits per heavy atom. The van der Waals surface area contributed by atoms with Crippen LogP contribution in [0.15, 0.2) is 24.3 Å². The summed E-state index contributed by atoms with van der Waals surface area (Å²) in [5.41, 5.74) is 7.45. The standard InChI is InChI=1S/C12H16ClNS/c13-11-3-1-2-10(8-11)12(14)9-4-6-15-7-5-9/h1-3,8-9,12H,4-7,14H2. The molecule has 2 rings (SSSR count). The minimum Gasteiger partial charge on any atom is -0.324 e. The van der Waals surface area contributed by atoms with Crippen molar-refractivity contribution in [2.45, 2.75) is 18.9 Å². The summed E-state index contributed by atoms with van der Waals surface area (Å²) in [5.74, 6) is 3.13. The molecule has 0 saturated carbocycles. The van der Waals surface area contributed by atoms with Gasteiger partial charge in [0.2, 0.25) is 0 Å². The predicted octanol–water partition coefficient (Wildman–Crippen LogP) is 3.48. The molecule has 3 heteroatoms. The number of nitrogens with two attached hydrogens (primary N) is 1. The van der Waals surface area contributed by atoms with Crippen molar-refractivity contribution in [3.05, 3.63) is 34.9 Å². The molecule has 0 bridgehead atoms. The summed E-state index contributed by atoms with van der Waals surface area (Å²) in [6.45, 7) is 0. The molecule has 1 fully saturated rings. The lowest BCUT2D eigenvalue weighted by atomic mass is 9.89. The topological polar surface area (TPSA) is 26.0 Å². The molecule has 1 aliphatic rings. The highest BCUT2D eigenvalue weighted by Crippen LogP contribution is 2.32. The highest BCUT2D eigenvalue weighted by Gasteiger charge is 2.21. The van der Waals surface area contributed by atoms with Crippen LogP contribution < -0.4 is 5.73 Å². The van der Waals surface area contributed by atoms with Gasteiger partial charge in [0.05, 0.1) is 0 Å². The highest BCUT2D eigenvalue weighted by molar-refractivity contribution is 7.99. The van der Waals surface area contributed by atoms with Gasteiger partial charge >= 0.3 is 0 Å². The van der Waals surface area contributed by atoms with E-state index in [9.17, 15) is 0 Å². The summed E-state index contributed by atoms with van der Waals surface area (Å²) in [5, 5.41) is 0.785. The van der Waals surface area contributed by atoms with Crippen molar-refractivity contribution in [3.8, 4) is 0 Å². The van der Waals surface area contributed by atoms with Gasteiger partial charge in [-0.15, -0.1) is 0 Å². The van der Waals surface area contributed by atoms with E-state index in [-0.39, 0.29) is 6.04 Å². The largest absolute Gasteiger partial charge is 0.324 e. The Morgan fingerprint density at radius 1 is 1.33 bits per heavy atom. The Kier molecular flexibility index (Phi) is 3.95. The molecular weight excluding hydrogens is 226 g/mol. The Bertz CT molecular complexity index is 323. The van der Waals surface area contributed by atoms with Gasteiger partial charge in [0.25, 0.3) is 0 Å². The predicted molar refractivity (Wildman–Crippen MR) is 68.4 cm³/mol. The van der Waals surface area contributed by atoms with Crippen molar-refractivity contribution in [2.75, 3.05) is 11.5 Å². The zero-order chi connectivity index (χ0) is 10.7. The number of hydrogen-bond donors (Lipinski definition) is 1. The van der Waals surface area contributed by atoms with E-state index in [4.69, 9.17) is 17.3 Å². The van der Waals surface area contributed by atoms with Gasteiger partial charge in [0, 0.05) is 11.1 Å².